The number of carbonyl (C=O) groups is 2. The number of hydrogen-bond donors (Lipinski definition) is 1. The highest BCUT2D eigenvalue weighted by Gasteiger charge is 2.28. The normalized spacial score (nSPS) is 13.2. The van der Waals surface area contributed by atoms with Gasteiger partial charge < -0.3 is 10.1 Å². The Hall–Kier alpha value is -2.35. The van der Waals surface area contributed by atoms with Gasteiger partial charge in [0.25, 0.3) is 5.91 Å². The fourth-order valence-electron chi connectivity index (χ4n) is 1.90. The van der Waals surface area contributed by atoms with Gasteiger partial charge in [0, 0.05) is 17.8 Å². The van der Waals surface area contributed by atoms with E-state index in [1.165, 1.54) is 18.4 Å². The third-order valence-electron chi connectivity index (χ3n) is 3.45. The molecule has 0 aliphatic rings. The van der Waals surface area contributed by atoms with Gasteiger partial charge in [0.15, 0.2) is 10.8 Å². The van der Waals surface area contributed by atoms with Crippen LogP contribution in [0.3, 0.4) is 0 Å². The van der Waals surface area contributed by atoms with Crippen molar-refractivity contribution in [3.05, 3.63) is 29.5 Å². The van der Waals surface area contributed by atoms with Crippen LogP contribution in [0.1, 0.15) is 30.8 Å². The quantitative estimate of drug-likeness (QED) is 0.811. The van der Waals surface area contributed by atoms with Gasteiger partial charge in [0.2, 0.25) is 0 Å². The van der Waals surface area contributed by atoms with Crippen LogP contribution in [0.25, 0.3) is 10.8 Å². The third kappa shape index (κ3) is 4.10. The fraction of sp³-hybridized carbons (Fsp3) is 0.400. The highest BCUT2D eigenvalue weighted by Crippen LogP contribution is 2.20. The van der Waals surface area contributed by atoms with E-state index in [0.717, 1.165) is 6.42 Å². The molecule has 2 heterocycles. The number of carbonyl (C=O) groups excluding carboxylic acids is 2. The first-order valence-electron chi connectivity index (χ1n) is 7.18. The predicted molar refractivity (Wildman–Crippen MR) is 85.9 cm³/mol. The number of ether oxygens (including phenoxy) is 1. The van der Waals surface area contributed by atoms with Crippen molar-refractivity contribution in [2.75, 3.05) is 7.11 Å². The minimum Gasteiger partial charge on any atom is -0.467 e. The van der Waals surface area contributed by atoms with Crippen LogP contribution in [0.4, 0.5) is 0 Å². The SMILES string of the molecule is CCC(C)C(NC(=O)c1csc(-c2ncccn2)n1)C(=O)OC. The fourth-order valence-corrected chi connectivity index (χ4v) is 2.65. The second-order valence-corrected chi connectivity index (χ2v) is 5.83. The molecular formula is C15H18N4O3S. The van der Waals surface area contributed by atoms with Gasteiger partial charge in [-0.3, -0.25) is 4.79 Å². The molecule has 0 saturated carbocycles. The number of nitrogens with one attached hydrogen (secondary N) is 1. The summed E-state index contributed by atoms with van der Waals surface area (Å²) in [4.78, 5) is 36.6. The Morgan fingerprint density at radius 2 is 2.04 bits per heavy atom. The maximum absolute atomic E-state index is 12.3. The van der Waals surface area contributed by atoms with Crippen molar-refractivity contribution in [1.29, 1.82) is 0 Å². The van der Waals surface area contributed by atoms with Crippen LogP contribution in [0.2, 0.25) is 0 Å². The Morgan fingerprint density at radius 1 is 1.35 bits per heavy atom. The Bertz CT molecular complexity index is 674. The average molecular weight is 334 g/mol. The number of hydrogen-bond acceptors (Lipinski definition) is 7. The summed E-state index contributed by atoms with van der Waals surface area (Å²) in [5.74, 6) is -0.460. The zero-order valence-corrected chi connectivity index (χ0v) is 14.0. The molecule has 23 heavy (non-hydrogen) atoms. The molecule has 2 aromatic rings. The molecule has 0 radical (unpaired) electrons. The van der Waals surface area contributed by atoms with Crippen molar-refractivity contribution in [2.45, 2.75) is 26.3 Å². The zero-order valence-electron chi connectivity index (χ0n) is 13.1. The number of methoxy groups -OCH3 is 1. The van der Waals surface area contributed by atoms with E-state index in [4.69, 9.17) is 4.74 Å². The molecule has 2 aromatic heterocycles. The number of aromatic nitrogens is 3. The number of nitrogens with zero attached hydrogens (tertiary/aromatic N) is 3. The van der Waals surface area contributed by atoms with Crippen molar-refractivity contribution >= 4 is 23.2 Å². The van der Waals surface area contributed by atoms with Crippen LogP contribution in [0, 0.1) is 5.92 Å². The second kappa shape index (κ2) is 7.77. The molecule has 7 nitrogen and oxygen atoms in total. The summed E-state index contributed by atoms with van der Waals surface area (Å²) in [5, 5.41) is 4.86. The summed E-state index contributed by atoms with van der Waals surface area (Å²) >= 11 is 1.27. The topological polar surface area (TPSA) is 94.1 Å². The molecule has 1 N–H and O–H groups in total. The van der Waals surface area contributed by atoms with Crippen molar-refractivity contribution < 1.29 is 14.3 Å². The Labute approximate surface area is 138 Å². The highest BCUT2D eigenvalue weighted by atomic mass is 32.1. The molecule has 0 saturated heterocycles. The van der Waals surface area contributed by atoms with Crippen molar-refractivity contribution in [3.63, 3.8) is 0 Å². The van der Waals surface area contributed by atoms with Gasteiger partial charge in [-0.15, -0.1) is 11.3 Å². The summed E-state index contributed by atoms with van der Waals surface area (Å²) < 4.78 is 4.76. The first-order valence-corrected chi connectivity index (χ1v) is 8.06. The van der Waals surface area contributed by atoms with Crippen LogP contribution in [-0.4, -0.2) is 40.0 Å². The summed E-state index contributed by atoms with van der Waals surface area (Å²) in [7, 11) is 1.30. The molecule has 0 fully saturated rings. The van der Waals surface area contributed by atoms with E-state index in [9.17, 15) is 9.59 Å². The molecule has 0 aliphatic heterocycles. The highest BCUT2D eigenvalue weighted by molar-refractivity contribution is 7.13. The van der Waals surface area contributed by atoms with Gasteiger partial charge >= 0.3 is 5.97 Å². The van der Waals surface area contributed by atoms with Crippen LogP contribution in [0.15, 0.2) is 23.8 Å². The van der Waals surface area contributed by atoms with Crippen LogP contribution in [0.5, 0.6) is 0 Å². The van der Waals surface area contributed by atoms with E-state index in [2.05, 4.69) is 20.3 Å². The smallest absolute Gasteiger partial charge is 0.328 e. The van der Waals surface area contributed by atoms with E-state index in [1.54, 1.807) is 23.8 Å². The van der Waals surface area contributed by atoms with Gasteiger partial charge in [-0.05, 0) is 12.0 Å². The Morgan fingerprint density at radius 3 is 2.65 bits per heavy atom. The van der Waals surface area contributed by atoms with Crippen LogP contribution >= 0.6 is 11.3 Å². The van der Waals surface area contributed by atoms with Crippen molar-refractivity contribution in [2.24, 2.45) is 5.92 Å². The number of rotatable bonds is 6. The van der Waals surface area contributed by atoms with Gasteiger partial charge in [-0.2, -0.15) is 0 Å². The first kappa shape index (κ1) is 17.0. The first-order chi connectivity index (χ1) is 11.1. The largest absolute Gasteiger partial charge is 0.467 e. The Balaban J connectivity index is 2.14. The van der Waals surface area contributed by atoms with E-state index < -0.39 is 17.9 Å². The van der Waals surface area contributed by atoms with Gasteiger partial charge in [0.1, 0.15) is 11.7 Å². The Kier molecular flexibility index (Phi) is 5.75. The predicted octanol–water partition coefficient (Wildman–Crippen LogP) is 1.92. The number of amides is 1. The van der Waals surface area contributed by atoms with E-state index >= 15 is 0 Å². The van der Waals surface area contributed by atoms with Crippen molar-refractivity contribution in [3.8, 4) is 10.8 Å². The molecule has 2 rings (SSSR count). The van der Waals surface area contributed by atoms with Crippen molar-refractivity contribution in [1.82, 2.24) is 20.3 Å². The van der Waals surface area contributed by atoms with Crippen LogP contribution < -0.4 is 5.32 Å². The van der Waals surface area contributed by atoms with Crippen LogP contribution in [-0.2, 0) is 9.53 Å². The molecule has 0 spiro atoms. The number of thiazole rings is 1. The molecule has 8 heteroatoms. The maximum Gasteiger partial charge on any atom is 0.328 e. The van der Waals surface area contributed by atoms with E-state index in [1.807, 2.05) is 13.8 Å². The summed E-state index contributed by atoms with van der Waals surface area (Å²) in [6.45, 7) is 3.83. The van der Waals surface area contributed by atoms with Gasteiger partial charge in [-0.25, -0.2) is 19.7 Å². The summed E-state index contributed by atoms with van der Waals surface area (Å²) in [5.41, 5.74) is 0.231. The zero-order chi connectivity index (χ0) is 16.8. The molecule has 1 amide bonds. The minimum absolute atomic E-state index is 0.0398. The maximum atomic E-state index is 12.3. The number of esters is 1. The standard InChI is InChI=1S/C15H18N4O3S/c1-4-9(2)11(15(21)22-3)19-13(20)10-8-23-14(18-10)12-16-6-5-7-17-12/h5-9,11H,4H2,1-3H3,(H,19,20). The lowest BCUT2D eigenvalue weighted by molar-refractivity contribution is -0.144. The molecular weight excluding hydrogens is 316 g/mol. The summed E-state index contributed by atoms with van der Waals surface area (Å²) in [6, 6.07) is 1.01. The molecule has 0 bridgehead atoms. The monoisotopic (exact) mass is 334 g/mol. The van der Waals surface area contributed by atoms with Gasteiger partial charge in [-0.1, -0.05) is 20.3 Å². The third-order valence-corrected chi connectivity index (χ3v) is 4.29. The summed E-state index contributed by atoms with van der Waals surface area (Å²) in [6.07, 6.45) is 3.96. The van der Waals surface area contributed by atoms with Gasteiger partial charge in [0.05, 0.1) is 7.11 Å². The minimum atomic E-state index is -0.698. The lowest BCUT2D eigenvalue weighted by Crippen LogP contribution is -2.45. The lowest BCUT2D eigenvalue weighted by Gasteiger charge is -2.21. The lowest BCUT2D eigenvalue weighted by atomic mass is 9.99. The average Bonchev–Trinajstić information content (AvgIpc) is 3.09. The van der Waals surface area contributed by atoms with E-state index in [0.29, 0.717) is 10.8 Å². The molecule has 122 valence electrons. The van der Waals surface area contributed by atoms with E-state index in [-0.39, 0.29) is 11.6 Å². The molecule has 2 atom stereocenters. The molecule has 0 aromatic carbocycles. The molecule has 2 unspecified atom stereocenters. The molecule has 0 aliphatic carbocycles. The second-order valence-electron chi connectivity index (χ2n) is 4.97.